The second-order valence-corrected chi connectivity index (χ2v) is 4.81. The van der Waals surface area contributed by atoms with Crippen LogP contribution in [-0.4, -0.2) is 23.2 Å². The lowest BCUT2D eigenvalue weighted by atomic mass is 10.6. The van der Waals surface area contributed by atoms with Crippen LogP contribution in [0.5, 0.6) is 0 Å². The fourth-order valence-corrected chi connectivity index (χ4v) is 2.67. The van der Waals surface area contributed by atoms with Crippen LogP contribution in [0.25, 0.3) is 11.2 Å². The predicted molar refractivity (Wildman–Crippen MR) is 68.0 cm³/mol. The van der Waals surface area contributed by atoms with Crippen LogP contribution in [-0.2, 0) is 0 Å². The molecule has 0 amide bonds. The highest BCUT2D eigenvalue weighted by molar-refractivity contribution is 14.1. The molecule has 2 aromatic rings. The van der Waals surface area contributed by atoms with E-state index in [1.54, 1.807) is 2.90 Å². The molecule has 0 atom stereocenters. The lowest BCUT2D eigenvalue weighted by molar-refractivity contribution is 0.932. The standard InChI is InChI=1S/C4I3N5/c5-2-1-3(9-4(6)8-2)12(7)11-10-1. The number of hydrogen-bond donors (Lipinski definition) is 0. The maximum absolute atomic E-state index is 4.20. The molecule has 12 heavy (non-hydrogen) atoms. The smallest absolute Gasteiger partial charge is 0.194 e. The van der Waals surface area contributed by atoms with Gasteiger partial charge < -0.3 is 0 Å². The van der Waals surface area contributed by atoms with E-state index in [-0.39, 0.29) is 0 Å². The Hall–Kier alpha value is 0.670. The van der Waals surface area contributed by atoms with Gasteiger partial charge in [-0.25, -0.2) is 9.97 Å². The molecule has 8 heteroatoms. The maximum Gasteiger partial charge on any atom is 0.194 e. The molecule has 2 aromatic heterocycles. The van der Waals surface area contributed by atoms with Crippen molar-refractivity contribution in [3.8, 4) is 0 Å². The molecule has 0 radical (unpaired) electrons. The normalized spacial score (nSPS) is 10.9. The van der Waals surface area contributed by atoms with Gasteiger partial charge in [-0.15, -0.1) is 5.10 Å². The van der Waals surface area contributed by atoms with Gasteiger partial charge >= 0.3 is 0 Å². The quantitative estimate of drug-likeness (QED) is 0.315. The molecule has 0 unspecified atom stereocenters. The van der Waals surface area contributed by atoms with E-state index in [9.17, 15) is 0 Å². The molecule has 0 N–H and O–H groups in total. The Morgan fingerprint density at radius 1 is 1.17 bits per heavy atom. The zero-order valence-electron chi connectivity index (χ0n) is 5.37. The first-order chi connectivity index (χ1) is 5.68. The van der Waals surface area contributed by atoms with Crippen LogP contribution >= 0.6 is 68.0 Å². The van der Waals surface area contributed by atoms with Gasteiger partial charge in [0.1, 0.15) is 3.70 Å². The van der Waals surface area contributed by atoms with Crippen molar-refractivity contribution in [2.75, 3.05) is 0 Å². The van der Waals surface area contributed by atoms with Crippen LogP contribution in [0.4, 0.5) is 0 Å². The van der Waals surface area contributed by atoms with E-state index in [0.717, 1.165) is 14.9 Å². The highest BCUT2D eigenvalue weighted by Gasteiger charge is 2.09. The molecule has 0 fully saturated rings. The van der Waals surface area contributed by atoms with E-state index in [1.807, 2.05) is 22.9 Å². The average Bonchev–Trinajstić information content (AvgIpc) is 2.33. The number of fused-ring (bicyclic) bond motifs is 1. The molecule has 62 valence electrons. The van der Waals surface area contributed by atoms with Gasteiger partial charge in [0.15, 0.2) is 15.0 Å². The molecule has 0 aliphatic carbocycles. The summed E-state index contributed by atoms with van der Waals surface area (Å²) in [5.74, 6) is 0. The topological polar surface area (TPSA) is 56.5 Å². The van der Waals surface area contributed by atoms with Gasteiger partial charge in [-0.05, 0) is 22.6 Å². The fraction of sp³-hybridized carbons (Fsp3) is 0. The van der Waals surface area contributed by atoms with Crippen LogP contribution in [0.3, 0.4) is 0 Å². The molecule has 5 nitrogen and oxygen atoms in total. The number of aromatic nitrogens is 5. The summed E-state index contributed by atoms with van der Waals surface area (Å²) in [5, 5.41) is 7.77. The van der Waals surface area contributed by atoms with Gasteiger partial charge in [0.2, 0.25) is 0 Å². The third-order valence-corrected chi connectivity index (χ3v) is 3.08. The van der Waals surface area contributed by atoms with Gasteiger partial charge in [0, 0.05) is 22.6 Å². The average molecular weight is 499 g/mol. The number of rotatable bonds is 0. The summed E-state index contributed by atoms with van der Waals surface area (Å²) in [6.07, 6.45) is 0. The molecule has 0 aliphatic heterocycles. The zero-order valence-corrected chi connectivity index (χ0v) is 11.8. The van der Waals surface area contributed by atoms with Crippen molar-refractivity contribution in [1.82, 2.24) is 23.2 Å². The van der Waals surface area contributed by atoms with E-state index in [1.165, 1.54) is 0 Å². The van der Waals surface area contributed by atoms with Crippen molar-refractivity contribution in [1.29, 1.82) is 0 Å². The van der Waals surface area contributed by atoms with E-state index < -0.39 is 0 Å². The van der Waals surface area contributed by atoms with Crippen LogP contribution in [0.1, 0.15) is 0 Å². The van der Waals surface area contributed by atoms with Gasteiger partial charge in [-0.3, -0.25) is 0 Å². The minimum absolute atomic E-state index is 0.713. The third-order valence-electron chi connectivity index (χ3n) is 1.19. The summed E-state index contributed by atoms with van der Waals surface area (Å²) >= 11 is 6.22. The first-order valence-corrected chi connectivity index (χ1v) is 5.91. The first kappa shape index (κ1) is 9.23. The summed E-state index contributed by atoms with van der Waals surface area (Å²) in [5.41, 5.74) is 1.52. The molecule has 2 rings (SSSR count). The van der Waals surface area contributed by atoms with Crippen molar-refractivity contribution in [2.24, 2.45) is 0 Å². The lowest BCUT2D eigenvalue weighted by Gasteiger charge is -1.92. The van der Waals surface area contributed by atoms with Gasteiger partial charge in [0.05, 0.1) is 22.9 Å². The molecular weight excluding hydrogens is 499 g/mol. The summed E-state index contributed by atoms with van der Waals surface area (Å²) in [4.78, 5) is 8.36. The third kappa shape index (κ3) is 1.51. The SMILES string of the molecule is Ic1nc(I)c2nnn(I)c2n1. The molecule has 0 saturated heterocycles. The largest absolute Gasteiger partial charge is 0.214 e. The van der Waals surface area contributed by atoms with Crippen molar-refractivity contribution in [2.45, 2.75) is 0 Å². The van der Waals surface area contributed by atoms with Crippen LogP contribution in [0, 0.1) is 7.53 Å². The van der Waals surface area contributed by atoms with Crippen LogP contribution in [0.2, 0.25) is 0 Å². The summed E-state index contributed by atoms with van der Waals surface area (Å²) in [7, 11) is 0. The second kappa shape index (κ2) is 3.43. The minimum atomic E-state index is 0.713. The Bertz CT molecular complexity index is 437. The molecular formula is C4I3N5. The molecule has 2 heterocycles. The molecule has 0 aromatic carbocycles. The Morgan fingerprint density at radius 3 is 2.67 bits per heavy atom. The molecule has 0 aliphatic rings. The summed E-state index contributed by atoms with van der Waals surface area (Å²) in [6.45, 7) is 0. The van der Waals surface area contributed by atoms with Gasteiger partial charge in [-0.2, -0.15) is 2.90 Å². The summed E-state index contributed by atoms with van der Waals surface area (Å²) in [6, 6.07) is 0. The Kier molecular flexibility index (Phi) is 2.64. The van der Waals surface area contributed by atoms with Crippen molar-refractivity contribution in [3.63, 3.8) is 0 Å². The summed E-state index contributed by atoms with van der Waals surface area (Å²) < 4.78 is 3.16. The van der Waals surface area contributed by atoms with Crippen LogP contribution in [0.15, 0.2) is 0 Å². The Morgan fingerprint density at radius 2 is 1.92 bits per heavy atom. The van der Waals surface area contributed by atoms with E-state index >= 15 is 0 Å². The molecule has 0 bridgehead atoms. The first-order valence-electron chi connectivity index (χ1n) is 2.79. The maximum atomic E-state index is 4.20. The lowest BCUT2D eigenvalue weighted by Crippen LogP contribution is -1.93. The number of hydrogen-bond acceptors (Lipinski definition) is 4. The van der Waals surface area contributed by atoms with Crippen LogP contribution < -0.4 is 0 Å². The van der Waals surface area contributed by atoms with Gasteiger partial charge in [0.25, 0.3) is 0 Å². The van der Waals surface area contributed by atoms with E-state index in [2.05, 4.69) is 65.5 Å². The predicted octanol–water partition coefficient (Wildman–Crippen LogP) is 1.63. The Labute approximate surface area is 108 Å². The Balaban J connectivity index is 2.92. The highest BCUT2D eigenvalue weighted by Crippen LogP contribution is 2.16. The van der Waals surface area contributed by atoms with Crippen molar-refractivity contribution in [3.05, 3.63) is 7.53 Å². The fourth-order valence-electron chi connectivity index (χ4n) is 0.733. The van der Waals surface area contributed by atoms with Crippen molar-refractivity contribution < 1.29 is 0 Å². The van der Waals surface area contributed by atoms with Crippen molar-refractivity contribution >= 4 is 79.2 Å². The second-order valence-electron chi connectivity index (χ2n) is 1.91. The highest BCUT2D eigenvalue weighted by atomic mass is 127. The number of halogens is 3. The molecule has 0 spiro atoms. The zero-order chi connectivity index (χ0) is 8.72. The number of nitrogens with zero attached hydrogens (tertiary/aromatic N) is 5. The monoisotopic (exact) mass is 499 g/mol. The molecule has 0 saturated carbocycles. The van der Waals surface area contributed by atoms with E-state index in [0.29, 0.717) is 3.83 Å². The van der Waals surface area contributed by atoms with Gasteiger partial charge in [-0.1, -0.05) is 5.21 Å². The van der Waals surface area contributed by atoms with E-state index in [4.69, 9.17) is 0 Å². The minimum Gasteiger partial charge on any atom is -0.214 e.